The summed E-state index contributed by atoms with van der Waals surface area (Å²) in [5.41, 5.74) is 2.70. The zero-order valence-electron chi connectivity index (χ0n) is 20.0. The largest absolute Gasteiger partial charge is 0.469 e. The van der Waals surface area contributed by atoms with Gasteiger partial charge in [0.2, 0.25) is 0 Å². The van der Waals surface area contributed by atoms with Gasteiger partial charge in [-0.2, -0.15) is 0 Å². The number of hydrogen-bond donors (Lipinski definition) is 4. The number of aryl methyl sites for hydroxylation is 1. The monoisotopic (exact) mass is 462 g/mol. The van der Waals surface area contributed by atoms with E-state index in [1.165, 1.54) is 13.2 Å². The molecule has 1 fully saturated rings. The number of nitrogens with one attached hydrogen (secondary N) is 2. The van der Waals surface area contributed by atoms with Gasteiger partial charge in [-0.25, -0.2) is 9.87 Å². The third-order valence-electron chi connectivity index (χ3n) is 6.80. The highest BCUT2D eigenvalue weighted by atomic mass is 19.1. The van der Waals surface area contributed by atoms with E-state index >= 15 is 0 Å². The summed E-state index contributed by atoms with van der Waals surface area (Å²) < 4.78 is 18.7. The molecule has 0 bridgehead atoms. The molecule has 0 saturated heterocycles. The first-order chi connectivity index (χ1) is 15.8. The molecule has 2 rings (SSSR count). The Hall–Kier alpha value is -2.06. The van der Waals surface area contributed by atoms with Gasteiger partial charge in [0.15, 0.2) is 0 Å². The van der Waals surface area contributed by atoms with Gasteiger partial charge in [-0.15, -0.1) is 0 Å². The number of hydroxylamine groups is 1. The van der Waals surface area contributed by atoms with Crippen LogP contribution in [-0.2, 0) is 16.0 Å². The lowest BCUT2D eigenvalue weighted by Gasteiger charge is -2.28. The Morgan fingerprint density at radius 1 is 1.33 bits per heavy atom. The first kappa shape index (κ1) is 27.2. The molecule has 1 aliphatic carbocycles. The van der Waals surface area contributed by atoms with E-state index in [9.17, 15) is 19.5 Å². The van der Waals surface area contributed by atoms with Crippen LogP contribution in [0.25, 0.3) is 0 Å². The number of benzene rings is 1. The van der Waals surface area contributed by atoms with E-state index in [-0.39, 0.29) is 35.2 Å². The lowest BCUT2D eigenvalue weighted by molar-refractivity contribution is -0.140. The summed E-state index contributed by atoms with van der Waals surface area (Å²) in [6.45, 7) is 2.06. The van der Waals surface area contributed by atoms with E-state index in [1.807, 2.05) is 31.3 Å². The van der Waals surface area contributed by atoms with Gasteiger partial charge in [0.05, 0.1) is 13.2 Å². The van der Waals surface area contributed by atoms with Crippen molar-refractivity contribution in [3.05, 3.63) is 60.0 Å². The third kappa shape index (κ3) is 8.34. The van der Waals surface area contributed by atoms with Gasteiger partial charge in [0.1, 0.15) is 5.82 Å². The van der Waals surface area contributed by atoms with Crippen LogP contribution in [0.15, 0.2) is 48.6 Å². The van der Waals surface area contributed by atoms with E-state index in [2.05, 4.69) is 34.6 Å². The zero-order valence-corrected chi connectivity index (χ0v) is 20.0. The summed E-state index contributed by atoms with van der Waals surface area (Å²) in [6.07, 6.45) is 12.0. The van der Waals surface area contributed by atoms with E-state index in [1.54, 1.807) is 6.07 Å². The maximum absolute atomic E-state index is 14.0. The van der Waals surface area contributed by atoms with Crippen molar-refractivity contribution < 1.29 is 24.2 Å². The lowest BCUT2D eigenvalue weighted by atomic mass is 9.86. The number of aliphatic hydroxyl groups is 1. The van der Waals surface area contributed by atoms with Gasteiger partial charge in [-0.3, -0.25) is 4.79 Å². The Kier molecular flexibility index (Phi) is 11.2. The van der Waals surface area contributed by atoms with Crippen LogP contribution >= 0.6 is 0 Å². The highest BCUT2D eigenvalue weighted by Crippen LogP contribution is 2.37. The van der Waals surface area contributed by atoms with Crippen LogP contribution < -0.4 is 10.8 Å². The number of allylic oxidation sites excluding steroid dienone is 2. The second-order valence-corrected chi connectivity index (χ2v) is 9.07. The standard InChI is InChI=1S/C26H39FN2O4/c1-26(28-2,16-14-19-10-8-9-12-22(19)27)17-15-20-21(24(30)18-23(20)29-32)11-6-4-5-7-13-25(31)33-3/h4,6,8-10,12,15,17,20-21,23-24,28-30,32H,5,7,11,13-14,16,18H2,1-3H3/b6-4+,17-15+. The number of unbranched alkanes of at least 4 members (excludes halogenated alkanes) is 1. The van der Waals surface area contributed by atoms with Gasteiger partial charge >= 0.3 is 5.97 Å². The molecule has 1 aromatic carbocycles. The van der Waals surface area contributed by atoms with Gasteiger partial charge in [-0.05, 0) is 70.0 Å². The first-order valence-corrected chi connectivity index (χ1v) is 11.7. The molecule has 0 aromatic heterocycles. The predicted molar refractivity (Wildman–Crippen MR) is 127 cm³/mol. The minimum Gasteiger partial charge on any atom is -0.469 e. The van der Waals surface area contributed by atoms with Crippen molar-refractivity contribution in [1.29, 1.82) is 0 Å². The van der Waals surface area contributed by atoms with Crippen molar-refractivity contribution in [2.75, 3.05) is 14.2 Å². The molecular formula is C26H39FN2O4. The predicted octanol–water partition coefficient (Wildman–Crippen LogP) is 3.93. The number of methoxy groups -OCH3 is 1. The molecule has 0 radical (unpaired) electrons. The second-order valence-electron chi connectivity index (χ2n) is 9.07. The molecule has 5 unspecified atom stereocenters. The van der Waals surface area contributed by atoms with Crippen molar-refractivity contribution >= 4 is 5.97 Å². The molecule has 184 valence electrons. The molecular weight excluding hydrogens is 423 g/mol. The fourth-order valence-electron chi connectivity index (χ4n) is 4.42. The zero-order chi connectivity index (χ0) is 24.3. The highest BCUT2D eigenvalue weighted by molar-refractivity contribution is 5.69. The Morgan fingerprint density at radius 3 is 2.76 bits per heavy atom. The summed E-state index contributed by atoms with van der Waals surface area (Å²) in [7, 11) is 3.27. The molecule has 5 atom stereocenters. The smallest absolute Gasteiger partial charge is 0.305 e. The van der Waals surface area contributed by atoms with Crippen LogP contribution in [0.3, 0.4) is 0 Å². The fourth-order valence-corrected chi connectivity index (χ4v) is 4.42. The molecule has 7 heteroatoms. The molecule has 0 amide bonds. The average molecular weight is 463 g/mol. The average Bonchev–Trinajstić information content (AvgIpc) is 3.13. The quantitative estimate of drug-likeness (QED) is 0.154. The summed E-state index contributed by atoms with van der Waals surface area (Å²) in [5.74, 6) is -0.484. The molecule has 4 N–H and O–H groups in total. The minimum atomic E-state index is -0.525. The van der Waals surface area contributed by atoms with Crippen molar-refractivity contribution in [2.24, 2.45) is 11.8 Å². The molecule has 1 aromatic rings. The third-order valence-corrected chi connectivity index (χ3v) is 6.80. The van der Waals surface area contributed by atoms with Crippen LogP contribution in [0.2, 0.25) is 0 Å². The van der Waals surface area contributed by atoms with E-state index < -0.39 is 6.10 Å². The summed E-state index contributed by atoms with van der Waals surface area (Å²) in [4.78, 5) is 11.2. The number of halogens is 1. The number of likely N-dealkylation sites (N-methyl/N-ethyl adjacent to an activating group) is 1. The lowest BCUT2D eigenvalue weighted by Crippen LogP contribution is -2.39. The fraction of sp³-hybridized carbons (Fsp3) is 0.577. The minimum absolute atomic E-state index is 0.0320. The number of esters is 1. The molecule has 0 heterocycles. The maximum atomic E-state index is 14.0. The van der Waals surface area contributed by atoms with Crippen LogP contribution in [0.1, 0.15) is 51.0 Å². The van der Waals surface area contributed by atoms with Crippen molar-refractivity contribution in [3.63, 3.8) is 0 Å². The van der Waals surface area contributed by atoms with Crippen molar-refractivity contribution in [3.8, 4) is 0 Å². The topological polar surface area (TPSA) is 90.8 Å². The normalized spacial score (nSPS) is 25.0. The van der Waals surface area contributed by atoms with Crippen LogP contribution in [0.5, 0.6) is 0 Å². The van der Waals surface area contributed by atoms with Crippen molar-refractivity contribution in [2.45, 2.75) is 69.6 Å². The van der Waals surface area contributed by atoms with E-state index in [0.717, 1.165) is 12.8 Å². The van der Waals surface area contributed by atoms with E-state index in [4.69, 9.17) is 0 Å². The Balaban J connectivity index is 2.00. The molecule has 6 nitrogen and oxygen atoms in total. The Morgan fingerprint density at radius 2 is 2.09 bits per heavy atom. The van der Waals surface area contributed by atoms with Gasteiger partial charge in [0.25, 0.3) is 0 Å². The summed E-state index contributed by atoms with van der Waals surface area (Å²) in [6, 6.07) is 6.59. The number of rotatable bonds is 13. The number of carbonyl (C=O) groups excluding carboxylic acids is 1. The van der Waals surface area contributed by atoms with Gasteiger partial charge in [0, 0.05) is 23.9 Å². The SMILES string of the molecule is CNC(C)(/C=C/C1C(NO)CC(O)C1C/C=C/CCCC(=O)OC)CCc1ccccc1F. The highest BCUT2D eigenvalue weighted by Gasteiger charge is 2.40. The molecule has 0 spiro atoms. The molecule has 33 heavy (non-hydrogen) atoms. The van der Waals surface area contributed by atoms with E-state index in [0.29, 0.717) is 37.7 Å². The summed E-state index contributed by atoms with van der Waals surface area (Å²) >= 11 is 0. The number of carbonyl (C=O) groups is 1. The van der Waals surface area contributed by atoms with Crippen LogP contribution in [0, 0.1) is 17.7 Å². The molecule has 1 aliphatic rings. The Labute approximate surface area is 196 Å². The van der Waals surface area contributed by atoms with Crippen LogP contribution in [-0.4, -0.2) is 48.1 Å². The number of aliphatic hydroxyl groups excluding tert-OH is 1. The summed E-state index contributed by atoms with van der Waals surface area (Å²) in [5, 5.41) is 23.6. The van der Waals surface area contributed by atoms with Gasteiger partial charge < -0.3 is 20.4 Å². The van der Waals surface area contributed by atoms with Crippen LogP contribution in [0.4, 0.5) is 4.39 Å². The number of hydrogen-bond acceptors (Lipinski definition) is 6. The molecule has 0 aliphatic heterocycles. The second kappa shape index (κ2) is 13.6. The number of ether oxygens (including phenoxy) is 1. The Bertz CT molecular complexity index is 800. The van der Waals surface area contributed by atoms with Gasteiger partial charge in [-0.1, -0.05) is 42.5 Å². The maximum Gasteiger partial charge on any atom is 0.305 e. The molecule has 1 saturated carbocycles. The first-order valence-electron chi connectivity index (χ1n) is 11.7. The van der Waals surface area contributed by atoms with Crippen molar-refractivity contribution in [1.82, 2.24) is 10.8 Å².